The van der Waals surface area contributed by atoms with Gasteiger partial charge < -0.3 is 15.2 Å². The van der Waals surface area contributed by atoms with E-state index in [1.807, 2.05) is 30.2 Å². The maximum atomic E-state index is 4.56. The summed E-state index contributed by atoms with van der Waals surface area (Å²) in [4.78, 5) is 9.05. The van der Waals surface area contributed by atoms with Crippen LogP contribution in [-0.4, -0.2) is 47.2 Å². The molecular formula is C18H28IN5S. The van der Waals surface area contributed by atoms with Crippen LogP contribution in [0.2, 0.25) is 0 Å². The van der Waals surface area contributed by atoms with E-state index in [9.17, 15) is 0 Å². The van der Waals surface area contributed by atoms with Crippen LogP contribution in [0.1, 0.15) is 18.3 Å². The number of nitrogens with one attached hydrogen (secondary N) is 2. The maximum Gasteiger partial charge on any atom is 0.191 e. The minimum absolute atomic E-state index is 0. The van der Waals surface area contributed by atoms with Crippen LogP contribution >= 0.6 is 35.7 Å². The van der Waals surface area contributed by atoms with E-state index in [0.29, 0.717) is 0 Å². The monoisotopic (exact) mass is 473 g/mol. The van der Waals surface area contributed by atoms with Crippen LogP contribution in [0.4, 0.5) is 0 Å². The molecule has 138 valence electrons. The largest absolute Gasteiger partial charge is 0.357 e. The Morgan fingerprint density at radius 1 is 1.24 bits per heavy atom. The van der Waals surface area contributed by atoms with E-state index in [1.54, 1.807) is 0 Å². The minimum Gasteiger partial charge on any atom is -0.357 e. The van der Waals surface area contributed by atoms with E-state index in [-0.39, 0.29) is 24.0 Å². The number of thioether (sulfide) groups is 1. The highest BCUT2D eigenvalue weighted by atomic mass is 127. The van der Waals surface area contributed by atoms with Gasteiger partial charge in [0.05, 0.1) is 6.54 Å². The molecule has 0 atom stereocenters. The van der Waals surface area contributed by atoms with Crippen molar-refractivity contribution in [3.8, 4) is 0 Å². The van der Waals surface area contributed by atoms with Crippen LogP contribution in [0.5, 0.6) is 0 Å². The van der Waals surface area contributed by atoms with E-state index in [2.05, 4.69) is 62.6 Å². The average molecular weight is 473 g/mol. The summed E-state index contributed by atoms with van der Waals surface area (Å²) in [5.41, 5.74) is 1.29. The number of aliphatic imine (C=N–C) groups is 1. The van der Waals surface area contributed by atoms with Gasteiger partial charge in [0.1, 0.15) is 5.82 Å². The van der Waals surface area contributed by atoms with Gasteiger partial charge in [-0.1, -0.05) is 30.3 Å². The lowest BCUT2D eigenvalue weighted by Gasteiger charge is -2.12. The molecule has 25 heavy (non-hydrogen) atoms. The van der Waals surface area contributed by atoms with E-state index in [1.165, 1.54) is 5.56 Å². The van der Waals surface area contributed by atoms with Crippen LogP contribution < -0.4 is 10.6 Å². The van der Waals surface area contributed by atoms with Gasteiger partial charge in [-0.2, -0.15) is 11.8 Å². The number of nitrogens with zero attached hydrogens (tertiary/aromatic N) is 3. The number of guanidine groups is 1. The summed E-state index contributed by atoms with van der Waals surface area (Å²) in [6.45, 7) is 5.46. The molecule has 5 nitrogen and oxygen atoms in total. The molecule has 1 aromatic heterocycles. The van der Waals surface area contributed by atoms with Crippen molar-refractivity contribution < 1.29 is 0 Å². The fourth-order valence-electron chi connectivity index (χ4n) is 2.38. The second kappa shape index (κ2) is 13.0. The molecule has 0 saturated carbocycles. The normalized spacial score (nSPS) is 11.0. The topological polar surface area (TPSA) is 54.2 Å². The minimum atomic E-state index is 0. The Morgan fingerprint density at radius 3 is 2.76 bits per heavy atom. The first-order chi connectivity index (χ1) is 11.8. The van der Waals surface area contributed by atoms with Crippen molar-refractivity contribution in [2.45, 2.75) is 19.9 Å². The molecule has 0 bridgehead atoms. The predicted molar refractivity (Wildman–Crippen MR) is 119 cm³/mol. The zero-order chi connectivity index (χ0) is 17.0. The molecule has 1 heterocycles. The zero-order valence-corrected chi connectivity index (χ0v) is 18.1. The fourth-order valence-corrected chi connectivity index (χ4v) is 2.65. The highest BCUT2D eigenvalue weighted by Gasteiger charge is 2.04. The third kappa shape index (κ3) is 8.13. The Bertz CT molecular complexity index is 615. The van der Waals surface area contributed by atoms with Crippen LogP contribution in [0, 0.1) is 0 Å². The van der Waals surface area contributed by atoms with Gasteiger partial charge in [-0.25, -0.2) is 4.98 Å². The van der Waals surface area contributed by atoms with Crippen molar-refractivity contribution in [2.24, 2.45) is 4.99 Å². The number of rotatable bonds is 9. The van der Waals surface area contributed by atoms with E-state index in [4.69, 9.17) is 0 Å². The second-order valence-corrected chi connectivity index (χ2v) is 6.37. The molecule has 0 aliphatic heterocycles. The molecule has 2 aromatic rings. The maximum absolute atomic E-state index is 4.56. The molecule has 2 rings (SSSR count). The summed E-state index contributed by atoms with van der Waals surface area (Å²) in [6, 6.07) is 10.5. The molecule has 0 aliphatic carbocycles. The van der Waals surface area contributed by atoms with Crippen molar-refractivity contribution in [1.29, 1.82) is 0 Å². The zero-order valence-electron chi connectivity index (χ0n) is 14.9. The lowest BCUT2D eigenvalue weighted by atomic mass is 10.2. The first-order valence-electron chi connectivity index (χ1n) is 8.38. The van der Waals surface area contributed by atoms with Crippen molar-refractivity contribution >= 4 is 41.7 Å². The molecule has 0 aliphatic rings. The second-order valence-electron chi connectivity index (χ2n) is 5.39. The molecular weight excluding hydrogens is 445 g/mol. The quantitative estimate of drug-likeness (QED) is 0.255. The van der Waals surface area contributed by atoms with Gasteiger partial charge in [0.2, 0.25) is 0 Å². The predicted octanol–water partition coefficient (Wildman–Crippen LogP) is 3.01. The molecule has 7 heteroatoms. The molecule has 0 saturated heterocycles. The molecule has 0 radical (unpaired) electrons. The summed E-state index contributed by atoms with van der Waals surface area (Å²) in [6.07, 6.45) is 6.88. The number of benzene rings is 1. The summed E-state index contributed by atoms with van der Waals surface area (Å²) in [7, 11) is 0. The Labute approximate surface area is 172 Å². The third-order valence-electron chi connectivity index (χ3n) is 3.55. The summed E-state index contributed by atoms with van der Waals surface area (Å²) < 4.78 is 2.20. The van der Waals surface area contributed by atoms with Crippen molar-refractivity contribution in [2.75, 3.05) is 31.6 Å². The summed E-state index contributed by atoms with van der Waals surface area (Å²) >= 11 is 1.81. The van der Waals surface area contributed by atoms with Gasteiger partial charge in [0, 0.05) is 44.2 Å². The Kier molecular flexibility index (Phi) is 11.4. The Hall–Kier alpha value is -1.22. The van der Waals surface area contributed by atoms with Crippen LogP contribution in [-0.2, 0) is 13.0 Å². The van der Waals surface area contributed by atoms with Crippen LogP contribution in [0.3, 0.4) is 0 Å². The highest BCUT2D eigenvalue weighted by Crippen LogP contribution is 2.05. The molecule has 0 amide bonds. The number of imidazole rings is 1. The highest BCUT2D eigenvalue weighted by molar-refractivity contribution is 14.0. The van der Waals surface area contributed by atoms with Gasteiger partial charge >= 0.3 is 0 Å². The number of hydrogen-bond donors (Lipinski definition) is 2. The first kappa shape index (κ1) is 21.8. The molecule has 0 spiro atoms. The van der Waals surface area contributed by atoms with Crippen LogP contribution in [0.25, 0.3) is 0 Å². The van der Waals surface area contributed by atoms with Crippen LogP contribution in [0.15, 0.2) is 47.7 Å². The van der Waals surface area contributed by atoms with E-state index >= 15 is 0 Å². The van der Waals surface area contributed by atoms with Crippen molar-refractivity contribution in [1.82, 2.24) is 20.2 Å². The third-order valence-corrected chi connectivity index (χ3v) is 4.14. The fraction of sp³-hybridized carbons (Fsp3) is 0.444. The standard InChI is InChI=1S/C18H27N5S.HI/c1-3-19-18(22-12-14-24-2)21-10-9-17-20-11-13-23(17)15-16-7-5-4-6-8-16;/h4-8,11,13H,3,9-10,12,14-15H2,1-2H3,(H2,19,21,22);1H. The summed E-state index contributed by atoms with van der Waals surface area (Å²) in [5, 5.41) is 6.66. The van der Waals surface area contributed by atoms with Gasteiger partial charge in [-0.3, -0.25) is 4.99 Å². The number of hydrogen-bond acceptors (Lipinski definition) is 3. The van der Waals surface area contributed by atoms with Gasteiger partial charge in [-0.05, 0) is 18.7 Å². The molecule has 0 unspecified atom stereocenters. The smallest absolute Gasteiger partial charge is 0.191 e. The molecule has 1 aromatic carbocycles. The lowest BCUT2D eigenvalue weighted by Crippen LogP contribution is -2.38. The van der Waals surface area contributed by atoms with Gasteiger partial charge in [-0.15, -0.1) is 24.0 Å². The van der Waals surface area contributed by atoms with E-state index < -0.39 is 0 Å². The van der Waals surface area contributed by atoms with Crippen molar-refractivity contribution in [3.05, 3.63) is 54.1 Å². The molecule has 0 fully saturated rings. The first-order valence-corrected chi connectivity index (χ1v) is 9.78. The summed E-state index contributed by atoms with van der Waals surface area (Å²) in [5.74, 6) is 3.01. The lowest BCUT2D eigenvalue weighted by molar-refractivity contribution is 0.695. The van der Waals surface area contributed by atoms with E-state index in [0.717, 1.165) is 50.1 Å². The van der Waals surface area contributed by atoms with Gasteiger partial charge in [0.25, 0.3) is 0 Å². The number of aromatic nitrogens is 2. The average Bonchev–Trinajstić information content (AvgIpc) is 3.03. The Balaban J connectivity index is 0.00000312. The Morgan fingerprint density at radius 2 is 2.04 bits per heavy atom. The SMILES string of the molecule is CCNC(=NCCSC)NCCc1nccn1Cc1ccccc1.I. The molecule has 2 N–H and O–H groups in total. The van der Waals surface area contributed by atoms with Gasteiger partial charge in [0.15, 0.2) is 5.96 Å². The van der Waals surface area contributed by atoms with Crippen molar-refractivity contribution in [3.63, 3.8) is 0 Å². The number of halogens is 1.